The van der Waals surface area contributed by atoms with E-state index in [9.17, 15) is 4.79 Å². The molecule has 0 aliphatic rings. The fraction of sp³-hybridized carbons (Fsp3) is 0.400. The van der Waals surface area contributed by atoms with Crippen LogP contribution in [0.25, 0.3) is 0 Å². The number of aryl methyl sites for hydroxylation is 1. The molecule has 0 N–H and O–H groups in total. The van der Waals surface area contributed by atoms with E-state index in [-0.39, 0.29) is 5.69 Å². The Morgan fingerprint density at radius 3 is 2.87 bits per heavy atom. The summed E-state index contributed by atoms with van der Waals surface area (Å²) in [5.74, 6) is 0. The summed E-state index contributed by atoms with van der Waals surface area (Å²) in [6.45, 7) is 3.42. The minimum Gasteiger partial charge on any atom is -0.299 e. The molecule has 0 aliphatic carbocycles. The number of rotatable bonds is 4. The SMILES string of the molecule is CCCn1ccn(Cc2nccs2)c1=O. The predicted octanol–water partition coefficient (Wildman–Crippen LogP) is 1.56. The zero-order valence-corrected chi connectivity index (χ0v) is 9.41. The largest absolute Gasteiger partial charge is 0.328 e. The van der Waals surface area contributed by atoms with Crippen LogP contribution in [0, 0.1) is 0 Å². The van der Waals surface area contributed by atoms with Crippen LogP contribution in [-0.4, -0.2) is 14.1 Å². The second kappa shape index (κ2) is 4.44. The zero-order chi connectivity index (χ0) is 10.7. The first kappa shape index (κ1) is 10.2. The van der Waals surface area contributed by atoms with E-state index in [1.807, 2.05) is 17.8 Å². The van der Waals surface area contributed by atoms with Crippen molar-refractivity contribution >= 4 is 11.3 Å². The van der Waals surface area contributed by atoms with Crippen LogP contribution in [0.4, 0.5) is 0 Å². The van der Waals surface area contributed by atoms with Crippen LogP contribution >= 0.6 is 11.3 Å². The van der Waals surface area contributed by atoms with Crippen LogP contribution in [0.2, 0.25) is 0 Å². The maximum absolute atomic E-state index is 11.8. The number of imidazole rings is 1. The first-order valence-corrected chi connectivity index (χ1v) is 5.83. The molecule has 80 valence electrons. The molecule has 0 atom stereocenters. The normalized spacial score (nSPS) is 10.7. The van der Waals surface area contributed by atoms with Crippen molar-refractivity contribution in [2.24, 2.45) is 0 Å². The van der Waals surface area contributed by atoms with Crippen LogP contribution in [0.5, 0.6) is 0 Å². The van der Waals surface area contributed by atoms with Crippen molar-refractivity contribution in [2.45, 2.75) is 26.4 Å². The van der Waals surface area contributed by atoms with Crippen molar-refractivity contribution in [1.82, 2.24) is 14.1 Å². The van der Waals surface area contributed by atoms with Gasteiger partial charge in [0.2, 0.25) is 0 Å². The maximum Gasteiger partial charge on any atom is 0.328 e. The summed E-state index contributed by atoms with van der Waals surface area (Å²) >= 11 is 1.57. The molecular weight excluding hydrogens is 210 g/mol. The first-order chi connectivity index (χ1) is 7.31. The Hall–Kier alpha value is -1.36. The van der Waals surface area contributed by atoms with Gasteiger partial charge >= 0.3 is 5.69 Å². The molecular formula is C10H13N3OS. The van der Waals surface area contributed by atoms with E-state index in [1.54, 1.807) is 26.7 Å². The second-order valence-corrected chi connectivity index (χ2v) is 4.31. The molecule has 0 amide bonds. The molecule has 5 heteroatoms. The summed E-state index contributed by atoms with van der Waals surface area (Å²) in [7, 11) is 0. The Labute approximate surface area is 91.8 Å². The summed E-state index contributed by atoms with van der Waals surface area (Å²) in [5.41, 5.74) is 0.0482. The lowest BCUT2D eigenvalue weighted by atomic mass is 10.5. The lowest BCUT2D eigenvalue weighted by Crippen LogP contribution is -2.24. The molecule has 2 aromatic heterocycles. The molecule has 0 fully saturated rings. The van der Waals surface area contributed by atoms with Crippen molar-refractivity contribution in [3.8, 4) is 0 Å². The van der Waals surface area contributed by atoms with Crippen LogP contribution in [0.1, 0.15) is 18.4 Å². The van der Waals surface area contributed by atoms with Crippen molar-refractivity contribution < 1.29 is 0 Å². The van der Waals surface area contributed by atoms with Gasteiger partial charge in [-0.05, 0) is 6.42 Å². The quantitative estimate of drug-likeness (QED) is 0.789. The molecule has 2 rings (SSSR count). The fourth-order valence-electron chi connectivity index (χ4n) is 1.46. The Morgan fingerprint density at radius 2 is 2.20 bits per heavy atom. The number of nitrogens with zero attached hydrogens (tertiary/aromatic N) is 3. The van der Waals surface area contributed by atoms with Gasteiger partial charge in [-0.3, -0.25) is 9.13 Å². The topological polar surface area (TPSA) is 39.8 Å². The lowest BCUT2D eigenvalue weighted by Gasteiger charge is -1.98. The van der Waals surface area contributed by atoms with Gasteiger partial charge in [-0.2, -0.15) is 0 Å². The summed E-state index contributed by atoms with van der Waals surface area (Å²) in [6.07, 6.45) is 6.38. The van der Waals surface area contributed by atoms with Crippen LogP contribution in [0.15, 0.2) is 28.8 Å². The van der Waals surface area contributed by atoms with E-state index in [0.29, 0.717) is 6.54 Å². The third-order valence-corrected chi connectivity index (χ3v) is 2.94. The van der Waals surface area contributed by atoms with Gasteiger partial charge < -0.3 is 0 Å². The summed E-state index contributed by atoms with van der Waals surface area (Å²) < 4.78 is 3.42. The van der Waals surface area contributed by atoms with E-state index in [2.05, 4.69) is 11.9 Å². The molecule has 15 heavy (non-hydrogen) atoms. The minimum atomic E-state index is 0.0482. The standard InChI is InChI=1S/C10H13N3OS/c1-2-4-12-5-6-13(10(12)14)8-9-11-3-7-15-9/h3,5-7H,2,4,8H2,1H3. The van der Waals surface area contributed by atoms with E-state index in [4.69, 9.17) is 0 Å². The van der Waals surface area contributed by atoms with E-state index in [1.165, 1.54) is 0 Å². The van der Waals surface area contributed by atoms with Gasteiger partial charge in [-0.15, -0.1) is 11.3 Å². The molecule has 0 saturated carbocycles. The first-order valence-electron chi connectivity index (χ1n) is 4.95. The van der Waals surface area contributed by atoms with Gasteiger partial charge in [0.15, 0.2) is 0 Å². The van der Waals surface area contributed by atoms with Crippen LogP contribution in [-0.2, 0) is 13.1 Å². The fourth-order valence-corrected chi connectivity index (χ4v) is 2.08. The van der Waals surface area contributed by atoms with E-state index >= 15 is 0 Å². The Bertz CT molecular complexity index is 469. The molecule has 0 saturated heterocycles. The smallest absolute Gasteiger partial charge is 0.299 e. The molecule has 2 aromatic rings. The Balaban J connectivity index is 2.19. The number of aromatic nitrogens is 3. The third-order valence-electron chi connectivity index (χ3n) is 2.17. The van der Waals surface area contributed by atoms with E-state index in [0.717, 1.165) is 18.0 Å². The van der Waals surface area contributed by atoms with Gasteiger partial charge in [-0.25, -0.2) is 9.78 Å². The Morgan fingerprint density at radius 1 is 1.40 bits per heavy atom. The highest BCUT2D eigenvalue weighted by atomic mass is 32.1. The van der Waals surface area contributed by atoms with Crippen LogP contribution in [0.3, 0.4) is 0 Å². The number of hydrogen-bond donors (Lipinski definition) is 0. The summed E-state index contributed by atoms with van der Waals surface area (Å²) in [6, 6.07) is 0. The second-order valence-electron chi connectivity index (χ2n) is 3.33. The van der Waals surface area contributed by atoms with Gasteiger partial charge in [-0.1, -0.05) is 6.92 Å². The molecule has 4 nitrogen and oxygen atoms in total. The average molecular weight is 223 g/mol. The predicted molar refractivity (Wildman–Crippen MR) is 60.2 cm³/mol. The monoisotopic (exact) mass is 223 g/mol. The van der Waals surface area contributed by atoms with Crippen molar-refractivity contribution in [3.63, 3.8) is 0 Å². The van der Waals surface area contributed by atoms with Crippen molar-refractivity contribution in [2.75, 3.05) is 0 Å². The molecule has 0 unspecified atom stereocenters. The van der Waals surface area contributed by atoms with Crippen molar-refractivity contribution in [3.05, 3.63) is 39.5 Å². The molecule has 0 aromatic carbocycles. The van der Waals surface area contributed by atoms with Gasteiger partial charge in [0.1, 0.15) is 5.01 Å². The maximum atomic E-state index is 11.8. The number of hydrogen-bond acceptors (Lipinski definition) is 3. The third kappa shape index (κ3) is 2.18. The molecule has 0 bridgehead atoms. The van der Waals surface area contributed by atoms with Crippen LogP contribution < -0.4 is 5.69 Å². The zero-order valence-electron chi connectivity index (χ0n) is 8.59. The molecule has 0 spiro atoms. The lowest BCUT2D eigenvalue weighted by molar-refractivity contribution is 0.623. The summed E-state index contributed by atoms with van der Waals surface area (Å²) in [5, 5.41) is 2.88. The molecule has 2 heterocycles. The number of thiazole rings is 1. The van der Waals surface area contributed by atoms with Crippen molar-refractivity contribution in [1.29, 1.82) is 0 Å². The highest BCUT2D eigenvalue weighted by Crippen LogP contribution is 2.04. The Kier molecular flexibility index (Phi) is 3.01. The van der Waals surface area contributed by atoms with Gasteiger partial charge in [0.05, 0.1) is 6.54 Å². The minimum absolute atomic E-state index is 0.0482. The summed E-state index contributed by atoms with van der Waals surface area (Å²) in [4.78, 5) is 15.9. The molecule has 0 radical (unpaired) electrons. The average Bonchev–Trinajstić information content (AvgIpc) is 2.83. The van der Waals surface area contributed by atoms with Gasteiger partial charge in [0, 0.05) is 30.5 Å². The van der Waals surface area contributed by atoms with E-state index < -0.39 is 0 Å². The highest BCUT2D eigenvalue weighted by molar-refractivity contribution is 7.09. The highest BCUT2D eigenvalue weighted by Gasteiger charge is 2.04. The molecule has 0 aliphatic heterocycles. The van der Waals surface area contributed by atoms with Gasteiger partial charge in [0.25, 0.3) is 0 Å².